The highest BCUT2D eigenvalue weighted by atomic mass is 35.5. The van der Waals surface area contributed by atoms with Crippen LogP contribution in [0.4, 0.5) is 0 Å². The van der Waals surface area contributed by atoms with Gasteiger partial charge in [-0.3, -0.25) is 0 Å². The molecule has 0 spiro atoms. The first-order valence-corrected chi connectivity index (χ1v) is 7.09. The molecule has 4 nitrogen and oxygen atoms in total. The second-order valence-electron chi connectivity index (χ2n) is 4.39. The number of sulfonamides is 1. The fourth-order valence-electron chi connectivity index (χ4n) is 1.05. The summed E-state index contributed by atoms with van der Waals surface area (Å²) in [6.45, 7) is 3.56. The molecule has 1 rings (SSSR count). The number of nitrogens with two attached hydrogens (primary N) is 1. The molecular formula is C10H15Cl3N2O2S. The van der Waals surface area contributed by atoms with Crippen LogP contribution in [0.25, 0.3) is 0 Å². The Morgan fingerprint density at radius 3 is 2.33 bits per heavy atom. The van der Waals surface area contributed by atoms with Gasteiger partial charge in [-0.2, -0.15) is 0 Å². The van der Waals surface area contributed by atoms with E-state index >= 15 is 0 Å². The highest BCUT2D eigenvalue weighted by Gasteiger charge is 2.21. The number of benzene rings is 1. The lowest BCUT2D eigenvalue weighted by Crippen LogP contribution is -2.45. The lowest BCUT2D eigenvalue weighted by atomic mass is 10.1. The second-order valence-corrected chi connectivity index (χ2v) is 6.97. The summed E-state index contributed by atoms with van der Waals surface area (Å²) in [7, 11) is -3.66. The molecule has 0 bridgehead atoms. The fourth-order valence-corrected chi connectivity index (χ4v) is 3.05. The molecule has 0 heterocycles. The van der Waals surface area contributed by atoms with E-state index in [0.717, 1.165) is 0 Å². The standard InChI is InChI=1S/C10H14Cl2N2O2S.ClH/c1-10(2,13)6-14-17(15,16)9-4-3-7(11)5-8(9)12;/h3-5,14H,6,13H2,1-2H3;1H. The molecule has 0 atom stereocenters. The summed E-state index contributed by atoms with van der Waals surface area (Å²) in [6, 6.07) is 4.21. The zero-order chi connectivity index (χ0) is 13.3. The average molecular weight is 334 g/mol. The Hall–Kier alpha value is -0.0400. The summed E-state index contributed by atoms with van der Waals surface area (Å²) in [4.78, 5) is -0.00665. The summed E-state index contributed by atoms with van der Waals surface area (Å²) in [5, 5.41) is 0.466. The summed E-state index contributed by atoms with van der Waals surface area (Å²) < 4.78 is 26.2. The van der Waals surface area contributed by atoms with Gasteiger partial charge in [-0.25, -0.2) is 13.1 Å². The number of nitrogens with one attached hydrogen (secondary N) is 1. The van der Waals surface area contributed by atoms with Gasteiger partial charge in [0.1, 0.15) is 4.90 Å². The van der Waals surface area contributed by atoms with Crippen molar-refractivity contribution in [1.82, 2.24) is 4.72 Å². The number of hydrogen-bond donors (Lipinski definition) is 2. The quantitative estimate of drug-likeness (QED) is 0.889. The lowest BCUT2D eigenvalue weighted by molar-refractivity contribution is 0.498. The van der Waals surface area contributed by atoms with Crippen molar-refractivity contribution in [2.24, 2.45) is 5.73 Å². The van der Waals surface area contributed by atoms with Crippen LogP contribution < -0.4 is 10.5 Å². The van der Waals surface area contributed by atoms with E-state index in [1.54, 1.807) is 13.8 Å². The number of rotatable bonds is 4. The van der Waals surface area contributed by atoms with Crippen LogP contribution in [-0.2, 0) is 10.0 Å². The Morgan fingerprint density at radius 1 is 1.33 bits per heavy atom. The highest BCUT2D eigenvalue weighted by Crippen LogP contribution is 2.24. The first-order valence-electron chi connectivity index (χ1n) is 4.85. The van der Waals surface area contributed by atoms with Gasteiger partial charge in [-0.05, 0) is 32.0 Å². The van der Waals surface area contributed by atoms with Gasteiger partial charge in [-0.15, -0.1) is 12.4 Å². The molecule has 0 unspecified atom stereocenters. The first kappa shape index (κ1) is 18.0. The minimum Gasteiger partial charge on any atom is -0.324 e. The van der Waals surface area contributed by atoms with Gasteiger partial charge < -0.3 is 5.73 Å². The fraction of sp³-hybridized carbons (Fsp3) is 0.400. The van der Waals surface area contributed by atoms with Crippen molar-refractivity contribution in [3.05, 3.63) is 28.2 Å². The van der Waals surface area contributed by atoms with Crippen molar-refractivity contribution in [2.75, 3.05) is 6.54 Å². The molecule has 0 radical (unpaired) electrons. The molecule has 1 aromatic rings. The third-order valence-corrected chi connectivity index (χ3v) is 4.02. The Kier molecular flexibility index (Phi) is 6.40. The molecule has 0 aromatic heterocycles. The van der Waals surface area contributed by atoms with Gasteiger partial charge in [0.05, 0.1) is 5.02 Å². The molecule has 0 amide bonds. The van der Waals surface area contributed by atoms with Crippen LogP contribution in [0.2, 0.25) is 10.0 Å². The maximum Gasteiger partial charge on any atom is 0.242 e. The van der Waals surface area contributed by atoms with E-state index in [2.05, 4.69) is 4.72 Å². The summed E-state index contributed by atoms with van der Waals surface area (Å²) in [5.74, 6) is 0. The van der Waals surface area contributed by atoms with Crippen LogP contribution >= 0.6 is 35.6 Å². The van der Waals surface area contributed by atoms with E-state index in [-0.39, 0.29) is 28.9 Å². The van der Waals surface area contributed by atoms with Crippen molar-refractivity contribution in [3.8, 4) is 0 Å². The lowest BCUT2D eigenvalue weighted by Gasteiger charge is -2.19. The Bertz CT molecular complexity index is 512. The van der Waals surface area contributed by atoms with Crippen molar-refractivity contribution in [3.63, 3.8) is 0 Å². The van der Waals surface area contributed by atoms with E-state index in [1.807, 2.05) is 0 Å². The van der Waals surface area contributed by atoms with Gasteiger partial charge in [-0.1, -0.05) is 23.2 Å². The molecule has 0 aliphatic carbocycles. The minimum absolute atomic E-state index is 0. The van der Waals surface area contributed by atoms with E-state index in [1.165, 1.54) is 18.2 Å². The molecule has 1 aromatic carbocycles. The van der Waals surface area contributed by atoms with E-state index < -0.39 is 15.6 Å². The van der Waals surface area contributed by atoms with Gasteiger partial charge in [0.15, 0.2) is 0 Å². The van der Waals surface area contributed by atoms with Crippen LogP contribution in [0.15, 0.2) is 23.1 Å². The first-order chi connectivity index (χ1) is 7.62. The van der Waals surface area contributed by atoms with Crippen molar-refractivity contribution in [1.29, 1.82) is 0 Å². The van der Waals surface area contributed by atoms with Crippen LogP contribution in [0, 0.1) is 0 Å². The second kappa shape index (κ2) is 6.41. The Balaban J connectivity index is 0.00000289. The maximum absolute atomic E-state index is 11.9. The molecule has 0 aliphatic rings. The van der Waals surface area contributed by atoms with E-state index in [0.29, 0.717) is 5.02 Å². The number of hydrogen-bond acceptors (Lipinski definition) is 3. The van der Waals surface area contributed by atoms with Crippen LogP contribution in [0.3, 0.4) is 0 Å². The Morgan fingerprint density at radius 2 is 1.89 bits per heavy atom. The Labute approximate surface area is 123 Å². The molecule has 18 heavy (non-hydrogen) atoms. The summed E-state index contributed by atoms with van der Waals surface area (Å²) in [6.07, 6.45) is 0. The largest absolute Gasteiger partial charge is 0.324 e. The highest BCUT2D eigenvalue weighted by molar-refractivity contribution is 7.89. The normalized spacial score (nSPS) is 12.1. The van der Waals surface area contributed by atoms with E-state index in [9.17, 15) is 8.42 Å². The summed E-state index contributed by atoms with van der Waals surface area (Å²) in [5.41, 5.74) is 5.07. The minimum atomic E-state index is -3.66. The van der Waals surface area contributed by atoms with Crippen molar-refractivity contribution < 1.29 is 8.42 Å². The number of halogens is 3. The predicted molar refractivity (Wildman–Crippen MR) is 77.2 cm³/mol. The molecule has 0 aliphatic heterocycles. The topological polar surface area (TPSA) is 72.2 Å². The zero-order valence-corrected chi connectivity index (χ0v) is 13.1. The zero-order valence-electron chi connectivity index (χ0n) is 9.91. The summed E-state index contributed by atoms with van der Waals surface area (Å²) >= 11 is 11.5. The molecular weight excluding hydrogens is 319 g/mol. The molecule has 0 fully saturated rings. The predicted octanol–water partition coefficient (Wildman–Crippen LogP) is 2.43. The molecule has 104 valence electrons. The van der Waals surface area contributed by atoms with Crippen LogP contribution in [0.5, 0.6) is 0 Å². The average Bonchev–Trinajstić information content (AvgIpc) is 2.13. The smallest absolute Gasteiger partial charge is 0.242 e. The van der Waals surface area contributed by atoms with Gasteiger partial charge in [0.2, 0.25) is 10.0 Å². The van der Waals surface area contributed by atoms with Crippen molar-refractivity contribution >= 4 is 45.6 Å². The van der Waals surface area contributed by atoms with Crippen LogP contribution in [-0.4, -0.2) is 20.5 Å². The van der Waals surface area contributed by atoms with E-state index in [4.69, 9.17) is 28.9 Å². The third kappa shape index (κ3) is 5.30. The third-order valence-electron chi connectivity index (χ3n) is 1.90. The monoisotopic (exact) mass is 332 g/mol. The van der Waals surface area contributed by atoms with Gasteiger partial charge in [0.25, 0.3) is 0 Å². The van der Waals surface area contributed by atoms with Crippen LogP contribution in [0.1, 0.15) is 13.8 Å². The maximum atomic E-state index is 11.9. The molecule has 3 N–H and O–H groups in total. The van der Waals surface area contributed by atoms with Gasteiger partial charge in [0, 0.05) is 17.1 Å². The SMILES string of the molecule is CC(C)(N)CNS(=O)(=O)c1ccc(Cl)cc1Cl.Cl. The van der Waals surface area contributed by atoms with Crippen molar-refractivity contribution in [2.45, 2.75) is 24.3 Å². The van der Waals surface area contributed by atoms with Gasteiger partial charge >= 0.3 is 0 Å². The molecule has 0 saturated heterocycles. The molecule has 8 heteroatoms. The molecule has 0 saturated carbocycles.